The number of nitrogens with zero attached hydrogens (tertiary/aromatic N) is 1. The Morgan fingerprint density at radius 1 is 1.12 bits per heavy atom. The molecule has 2 unspecified atom stereocenters. The lowest BCUT2D eigenvalue weighted by Crippen LogP contribution is -3.12. The van der Waals surface area contributed by atoms with E-state index < -0.39 is 11.9 Å². The minimum absolute atomic E-state index is 0.213. The smallest absolute Gasteiger partial charge is 0.328 e. The summed E-state index contributed by atoms with van der Waals surface area (Å²) in [4.78, 5) is 35.1. The first-order valence-corrected chi connectivity index (χ1v) is 8.62. The van der Waals surface area contributed by atoms with E-state index in [1.54, 1.807) is 4.90 Å². The molecule has 1 aromatic rings. The second kappa shape index (κ2) is 9.15. The molecule has 0 aliphatic carbocycles. The number of carboxylic acid groups (broad SMARTS) is 2. The van der Waals surface area contributed by atoms with Gasteiger partial charge in [0.15, 0.2) is 0 Å². The molecule has 2 atom stereocenters. The summed E-state index contributed by atoms with van der Waals surface area (Å²) >= 11 is 0. The molecule has 7 heteroatoms. The number of piperidine rings is 2. The van der Waals surface area contributed by atoms with Crippen LogP contribution in [0.25, 0.3) is 0 Å². The van der Waals surface area contributed by atoms with Crippen molar-refractivity contribution in [2.45, 2.75) is 6.42 Å². The molecule has 1 amide bonds. The SMILES string of the molecule is C[NH+]1CC2CC(CN(C(=O)c3ccccc3)C2)C1.O=C([O-])/C=C\C(=O)O. The molecule has 140 valence electrons. The van der Waals surface area contributed by atoms with Crippen molar-refractivity contribution in [2.75, 3.05) is 33.2 Å². The Morgan fingerprint density at radius 3 is 2.15 bits per heavy atom. The van der Waals surface area contributed by atoms with Gasteiger partial charge < -0.3 is 24.8 Å². The van der Waals surface area contributed by atoms with E-state index in [1.165, 1.54) is 19.5 Å². The quantitative estimate of drug-likeness (QED) is 0.651. The Balaban J connectivity index is 0.000000260. The van der Waals surface area contributed by atoms with E-state index >= 15 is 0 Å². The molecule has 2 heterocycles. The van der Waals surface area contributed by atoms with E-state index in [1.807, 2.05) is 30.3 Å². The first kappa shape index (κ1) is 19.7. The number of aliphatic carboxylic acids is 2. The number of fused-ring (bicyclic) bond motifs is 2. The summed E-state index contributed by atoms with van der Waals surface area (Å²) in [6, 6.07) is 9.68. The fourth-order valence-electron chi connectivity index (χ4n) is 3.75. The van der Waals surface area contributed by atoms with Gasteiger partial charge in [-0.3, -0.25) is 4.79 Å². The highest BCUT2D eigenvalue weighted by Crippen LogP contribution is 2.23. The van der Waals surface area contributed by atoms with Crippen LogP contribution in [0.3, 0.4) is 0 Å². The molecule has 2 bridgehead atoms. The van der Waals surface area contributed by atoms with Gasteiger partial charge >= 0.3 is 5.97 Å². The van der Waals surface area contributed by atoms with Crippen LogP contribution in [0.5, 0.6) is 0 Å². The molecule has 2 fully saturated rings. The van der Waals surface area contributed by atoms with Crippen molar-refractivity contribution in [3.05, 3.63) is 48.0 Å². The number of nitrogens with one attached hydrogen (secondary N) is 1. The van der Waals surface area contributed by atoms with Crippen LogP contribution in [0, 0.1) is 11.8 Å². The summed E-state index contributed by atoms with van der Waals surface area (Å²) in [7, 11) is 2.27. The van der Waals surface area contributed by atoms with Gasteiger partial charge in [0, 0.05) is 36.6 Å². The Hall–Kier alpha value is -2.67. The molecular weight excluding hydrogens is 336 g/mol. The molecule has 1 aromatic carbocycles. The van der Waals surface area contributed by atoms with Gasteiger partial charge in [-0.2, -0.15) is 0 Å². The molecule has 26 heavy (non-hydrogen) atoms. The zero-order valence-corrected chi connectivity index (χ0v) is 14.8. The second-order valence-corrected chi connectivity index (χ2v) is 6.90. The monoisotopic (exact) mass is 360 g/mol. The van der Waals surface area contributed by atoms with Gasteiger partial charge in [0.2, 0.25) is 0 Å². The van der Waals surface area contributed by atoms with Crippen LogP contribution in [0.2, 0.25) is 0 Å². The molecule has 2 saturated heterocycles. The number of hydrogen-bond donors (Lipinski definition) is 2. The molecule has 0 radical (unpaired) electrons. The van der Waals surface area contributed by atoms with Gasteiger partial charge in [0.05, 0.1) is 26.1 Å². The number of benzene rings is 1. The van der Waals surface area contributed by atoms with Crippen molar-refractivity contribution in [3.8, 4) is 0 Å². The fourth-order valence-corrected chi connectivity index (χ4v) is 3.75. The summed E-state index contributed by atoms with van der Waals surface area (Å²) in [6.45, 7) is 4.33. The minimum Gasteiger partial charge on any atom is -0.545 e. The summed E-state index contributed by atoms with van der Waals surface area (Å²) in [5.41, 5.74) is 0.832. The van der Waals surface area contributed by atoms with Gasteiger partial charge in [0.1, 0.15) is 0 Å². The summed E-state index contributed by atoms with van der Waals surface area (Å²) in [5.74, 6) is -1.19. The van der Waals surface area contributed by atoms with Gasteiger partial charge in [-0.1, -0.05) is 18.2 Å². The van der Waals surface area contributed by atoms with Gasteiger partial charge in [-0.15, -0.1) is 0 Å². The normalized spacial score (nSPS) is 24.5. The van der Waals surface area contributed by atoms with Crippen LogP contribution in [-0.2, 0) is 9.59 Å². The second-order valence-electron chi connectivity index (χ2n) is 6.90. The molecule has 3 rings (SSSR count). The summed E-state index contributed by atoms with van der Waals surface area (Å²) in [6.07, 6.45) is 2.26. The Morgan fingerprint density at radius 2 is 1.69 bits per heavy atom. The van der Waals surface area contributed by atoms with Crippen LogP contribution in [-0.4, -0.2) is 61.1 Å². The fraction of sp³-hybridized carbons (Fsp3) is 0.421. The average Bonchev–Trinajstić information content (AvgIpc) is 2.59. The Labute approximate surface area is 152 Å². The number of amides is 1. The van der Waals surface area contributed by atoms with Crippen LogP contribution < -0.4 is 10.0 Å². The van der Waals surface area contributed by atoms with Crippen molar-refractivity contribution in [2.24, 2.45) is 11.8 Å². The van der Waals surface area contributed by atoms with E-state index in [0.29, 0.717) is 24.0 Å². The standard InChI is InChI=1S/C15H20N2O.C4H4O4/c1-16-8-12-7-13(9-16)11-17(10-12)15(18)14-5-3-2-4-6-14;5-3(6)1-2-4(7)8/h2-6,12-13H,7-11H2,1H3;1-2H,(H,5,6)(H,7,8)/b;2-1-. The minimum atomic E-state index is -1.51. The number of carbonyl (C=O) groups excluding carboxylic acids is 2. The summed E-state index contributed by atoms with van der Waals surface area (Å²) in [5, 5.41) is 17.2. The molecule has 2 aliphatic rings. The highest BCUT2D eigenvalue weighted by molar-refractivity contribution is 5.94. The topological polar surface area (TPSA) is 102 Å². The third-order valence-electron chi connectivity index (χ3n) is 4.57. The molecule has 0 aromatic heterocycles. The Kier molecular flexibility index (Phi) is 6.91. The van der Waals surface area contributed by atoms with Crippen molar-refractivity contribution in [3.63, 3.8) is 0 Å². The maximum absolute atomic E-state index is 12.4. The van der Waals surface area contributed by atoms with Crippen molar-refractivity contribution in [1.29, 1.82) is 0 Å². The molecular formula is C19H24N2O5. The number of carboxylic acids is 2. The average molecular weight is 360 g/mol. The highest BCUT2D eigenvalue weighted by Gasteiger charge is 2.37. The third-order valence-corrected chi connectivity index (χ3v) is 4.57. The largest absolute Gasteiger partial charge is 0.545 e. The Bertz CT molecular complexity index is 640. The maximum Gasteiger partial charge on any atom is 0.328 e. The molecule has 2 aliphatic heterocycles. The lowest BCUT2D eigenvalue weighted by molar-refractivity contribution is -0.893. The van der Waals surface area contributed by atoms with Gasteiger partial charge in [-0.25, -0.2) is 4.79 Å². The zero-order chi connectivity index (χ0) is 19.1. The van der Waals surface area contributed by atoms with Crippen LogP contribution in [0.15, 0.2) is 42.5 Å². The van der Waals surface area contributed by atoms with Gasteiger partial charge in [-0.05, 0) is 24.6 Å². The van der Waals surface area contributed by atoms with Crippen LogP contribution >= 0.6 is 0 Å². The van der Waals surface area contributed by atoms with E-state index in [0.717, 1.165) is 18.7 Å². The van der Waals surface area contributed by atoms with Crippen molar-refractivity contribution >= 4 is 17.8 Å². The lowest BCUT2D eigenvalue weighted by Gasteiger charge is -2.42. The zero-order valence-electron chi connectivity index (χ0n) is 14.8. The molecule has 0 saturated carbocycles. The van der Waals surface area contributed by atoms with Crippen molar-refractivity contribution < 1.29 is 29.5 Å². The molecule has 2 N–H and O–H groups in total. The maximum atomic E-state index is 12.4. The molecule has 7 nitrogen and oxygen atoms in total. The number of rotatable bonds is 3. The van der Waals surface area contributed by atoms with Crippen LogP contribution in [0.1, 0.15) is 16.8 Å². The van der Waals surface area contributed by atoms with E-state index in [4.69, 9.17) is 5.11 Å². The number of carbonyl (C=O) groups is 3. The first-order valence-electron chi connectivity index (χ1n) is 8.62. The van der Waals surface area contributed by atoms with E-state index in [9.17, 15) is 19.5 Å². The molecule has 0 spiro atoms. The van der Waals surface area contributed by atoms with Crippen LogP contribution in [0.4, 0.5) is 0 Å². The predicted octanol–water partition coefficient (Wildman–Crippen LogP) is -1.33. The highest BCUT2D eigenvalue weighted by atomic mass is 16.4. The van der Waals surface area contributed by atoms with Crippen molar-refractivity contribution in [1.82, 2.24) is 4.90 Å². The van der Waals surface area contributed by atoms with E-state index in [-0.39, 0.29) is 5.91 Å². The number of likely N-dealkylation sites (tertiary alicyclic amines) is 2. The number of hydrogen-bond acceptors (Lipinski definition) is 4. The first-order chi connectivity index (χ1) is 12.3. The third kappa shape index (κ3) is 6.00. The van der Waals surface area contributed by atoms with E-state index in [2.05, 4.69) is 11.9 Å². The van der Waals surface area contributed by atoms with Gasteiger partial charge in [0.25, 0.3) is 5.91 Å². The lowest BCUT2D eigenvalue weighted by atomic mass is 9.84. The summed E-state index contributed by atoms with van der Waals surface area (Å²) < 4.78 is 0. The number of quaternary nitrogens is 1. The predicted molar refractivity (Wildman–Crippen MR) is 92.3 cm³/mol.